The van der Waals surface area contributed by atoms with Crippen molar-refractivity contribution in [2.75, 3.05) is 19.6 Å². The number of hydrogen-bond donors (Lipinski definition) is 5. The zero-order valence-corrected chi connectivity index (χ0v) is 29.5. The summed E-state index contributed by atoms with van der Waals surface area (Å²) in [5.41, 5.74) is 6.97. The van der Waals surface area contributed by atoms with Crippen LogP contribution in [0.15, 0.2) is 84.7 Å². The molecule has 5 aromatic rings. The summed E-state index contributed by atoms with van der Waals surface area (Å²) in [5, 5.41) is 23.3. The average Bonchev–Trinajstić information content (AvgIpc) is 3.55. The molecule has 0 saturated heterocycles. The Hall–Kier alpha value is -5.75. The van der Waals surface area contributed by atoms with Gasteiger partial charge in [-0.15, -0.1) is 0 Å². The molecule has 12 heteroatoms. The van der Waals surface area contributed by atoms with E-state index in [0.29, 0.717) is 31.3 Å². The quantitative estimate of drug-likeness (QED) is 0.0954. The first-order valence-electron chi connectivity index (χ1n) is 17.7. The summed E-state index contributed by atoms with van der Waals surface area (Å²) >= 11 is 0. The van der Waals surface area contributed by atoms with Gasteiger partial charge < -0.3 is 35.3 Å². The molecule has 268 valence electrons. The molecule has 2 aliphatic rings. The Morgan fingerprint density at radius 1 is 0.942 bits per heavy atom. The van der Waals surface area contributed by atoms with Crippen LogP contribution in [0.5, 0.6) is 0 Å². The second-order valence-electron chi connectivity index (χ2n) is 14.2. The van der Waals surface area contributed by atoms with Gasteiger partial charge in [0.1, 0.15) is 30.3 Å². The van der Waals surface area contributed by atoms with E-state index in [1.165, 1.54) is 6.92 Å². The lowest BCUT2D eigenvalue weighted by Crippen LogP contribution is -2.40. The topological polar surface area (TPSA) is 168 Å². The number of benzene rings is 3. The van der Waals surface area contributed by atoms with E-state index in [1.54, 1.807) is 22.2 Å². The van der Waals surface area contributed by atoms with Crippen LogP contribution in [0.1, 0.15) is 57.7 Å². The van der Waals surface area contributed by atoms with Crippen LogP contribution in [-0.4, -0.2) is 83.6 Å². The molecule has 1 saturated carbocycles. The van der Waals surface area contributed by atoms with Crippen LogP contribution in [0.25, 0.3) is 44.4 Å². The number of aromatic nitrogens is 4. The Morgan fingerprint density at radius 3 is 2.25 bits per heavy atom. The second-order valence-corrected chi connectivity index (χ2v) is 14.2. The fraction of sp³-hybridized carbons (Fsp3) is 0.325. The smallest absolute Gasteiger partial charge is 0.405 e. The number of aromatic amines is 2. The van der Waals surface area contributed by atoms with Gasteiger partial charge in [0, 0.05) is 18.7 Å². The van der Waals surface area contributed by atoms with E-state index in [0.717, 1.165) is 69.2 Å². The molecule has 5 N–H and O–H groups in total. The fourth-order valence-electron chi connectivity index (χ4n) is 6.93. The van der Waals surface area contributed by atoms with Crippen molar-refractivity contribution in [3.63, 3.8) is 0 Å². The molecule has 3 amide bonds. The number of imidazole rings is 2. The minimum atomic E-state index is -1.24. The lowest BCUT2D eigenvalue weighted by molar-refractivity contribution is -0.140. The summed E-state index contributed by atoms with van der Waals surface area (Å²) in [7, 11) is 0. The van der Waals surface area contributed by atoms with Crippen molar-refractivity contribution < 1.29 is 24.6 Å². The summed E-state index contributed by atoms with van der Waals surface area (Å²) < 4.78 is 0. The van der Waals surface area contributed by atoms with Gasteiger partial charge in [-0.25, -0.2) is 14.8 Å². The molecule has 3 heterocycles. The Bertz CT molecular complexity index is 2160. The van der Waals surface area contributed by atoms with Crippen molar-refractivity contribution in [1.29, 1.82) is 0 Å². The zero-order chi connectivity index (χ0) is 36.6. The van der Waals surface area contributed by atoms with Crippen LogP contribution in [0, 0.1) is 5.41 Å². The largest absolute Gasteiger partial charge is 0.465 e. The van der Waals surface area contributed by atoms with Gasteiger partial charge in [0.05, 0.1) is 30.3 Å². The predicted molar refractivity (Wildman–Crippen MR) is 198 cm³/mol. The van der Waals surface area contributed by atoms with Gasteiger partial charge in [-0.3, -0.25) is 9.59 Å². The second kappa shape index (κ2) is 14.1. The maximum absolute atomic E-state index is 12.8. The lowest BCUT2D eigenvalue weighted by Gasteiger charge is -2.26. The van der Waals surface area contributed by atoms with Crippen molar-refractivity contribution in [1.82, 2.24) is 35.1 Å². The highest BCUT2D eigenvalue weighted by Gasteiger charge is 2.40. The van der Waals surface area contributed by atoms with Gasteiger partial charge in [-0.05, 0) is 76.8 Å². The molecule has 3 aromatic carbocycles. The Kier molecular flexibility index (Phi) is 9.41. The molecule has 2 aromatic heterocycles. The number of carboxylic acid groups (broad SMARTS) is 1. The van der Waals surface area contributed by atoms with Crippen LogP contribution in [0.4, 0.5) is 4.79 Å². The SMILES string of the molecule is CCC1=CCN(C(=O)CNC(=O)O)C1c1ncc(-c2ccc(-c3ccc4cc(-c5cnc(CN(CC6(C)CC6)C(=O)C(C)O)[nH]5)ccc4c3)cc2)[nH]1. The van der Waals surface area contributed by atoms with Crippen LogP contribution in [-0.2, 0) is 16.1 Å². The summed E-state index contributed by atoms with van der Waals surface area (Å²) in [5.74, 6) is 0.740. The van der Waals surface area contributed by atoms with Crippen molar-refractivity contribution in [2.45, 2.75) is 58.7 Å². The Morgan fingerprint density at radius 2 is 1.58 bits per heavy atom. The molecular formula is C40H43N7O5. The number of nitrogens with zero attached hydrogens (tertiary/aromatic N) is 4. The van der Waals surface area contributed by atoms with E-state index in [-0.39, 0.29) is 29.8 Å². The third kappa shape index (κ3) is 7.33. The number of rotatable bonds is 12. The van der Waals surface area contributed by atoms with E-state index in [4.69, 9.17) is 5.11 Å². The maximum Gasteiger partial charge on any atom is 0.405 e. The number of amides is 3. The van der Waals surface area contributed by atoms with E-state index in [9.17, 15) is 19.5 Å². The molecule has 0 bridgehead atoms. The zero-order valence-electron chi connectivity index (χ0n) is 29.5. The molecule has 52 heavy (non-hydrogen) atoms. The molecule has 0 spiro atoms. The molecule has 2 atom stereocenters. The van der Waals surface area contributed by atoms with E-state index in [1.807, 2.05) is 25.1 Å². The molecule has 2 unspecified atom stereocenters. The van der Waals surface area contributed by atoms with Gasteiger partial charge in [-0.2, -0.15) is 0 Å². The highest BCUT2D eigenvalue weighted by molar-refractivity contribution is 5.90. The van der Waals surface area contributed by atoms with Crippen molar-refractivity contribution >= 4 is 28.7 Å². The van der Waals surface area contributed by atoms with Gasteiger partial charge in [-0.1, -0.05) is 68.5 Å². The van der Waals surface area contributed by atoms with E-state index in [2.05, 4.69) is 80.7 Å². The van der Waals surface area contributed by atoms with Crippen LogP contribution >= 0.6 is 0 Å². The molecule has 1 aliphatic heterocycles. The molecular weight excluding hydrogens is 658 g/mol. The van der Waals surface area contributed by atoms with E-state index >= 15 is 0 Å². The molecule has 7 rings (SSSR count). The minimum absolute atomic E-state index is 0.118. The number of aliphatic hydroxyl groups is 1. The Labute approximate surface area is 301 Å². The third-order valence-corrected chi connectivity index (χ3v) is 10.2. The first-order valence-corrected chi connectivity index (χ1v) is 17.7. The number of H-pyrrole nitrogens is 2. The van der Waals surface area contributed by atoms with Crippen LogP contribution in [0.3, 0.4) is 0 Å². The normalized spacial score (nSPS) is 16.8. The predicted octanol–water partition coefficient (Wildman–Crippen LogP) is 6.28. The number of carbonyl (C=O) groups excluding carboxylic acids is 2. The number of carbonyl (C=O) groups is 3. The number of nitrogens with one attached hydrogen (secondary N) is 3. The highest BCUT2D eigenvalue weighted by Crippen LogP contribution is 2.45. The fourth-order valence-corrected chi connectivity index (χ4v) is 6.93. The van der Waals surface area contributed by atoms with Gasteiger partial charge >= 0.3 is 6.09 Å². The summed E-state index contributed by atoms with van der Waals surface area (Å²) in [6, 6.07) is 20.5. The van der Waals surface area contributed by atoms with Crippen LogP contribution < -0.4 is 5.32 Å². The van der Waals surface area contributed by atoms with Crippen molar-refractivity contribution in [2.24, 2.45) is 5.41 Å². The molecule has 0 radical (unpaired) electrons. The summed E-state index contributed by atoms with van der Waals surface area (Å²) in [6.07, 6.45) is 6.19. The molecule has 1 fully saturated rings. The number of fused-ring (bicyclic) bond motifs is 1. The van der Waals surface area contributed by atoms with Gasteiger partial charge in [0.15, 0.2) is 0 Å². The maximum atomic E-state index is 12.8. The number of aliphatic hydroxyl groups excluding tert-OH is 1. The molecule has 1 aliphatic carbocycles. The standard InChI is InChI=1S/C40H43N7O5/c1-4-25-13-16-47(35(49)21-43-39(51)52)36(25)37-42-20-32(45-37)27-7-5-26(6-8-27)28-9-10-30-18-31(12-11-29(30)17-28)33-19-41-34(44-33)22-46(38(50)24(2)48)23-40(3)14-15-40/h5-13,17-20,24,36,43,48H,4,14-16,21-23H2,1-3H3,(H,41,44)(H,42,45)(H,51,52). The summed E-state index contributed by atoms with van der Waals surface area (Å²) in [6.45, 7) is 6.75. The highest BCUT2D eigenvalue weighted by atomic mass is 16.4. The first kappa shape index (κ1) is 34.7. The van der Waals surface area contributed by atoms with Gasteiger partial charge in [0.25, 0.3) is 5.91 Å². The lowest BCUT2D eigenvalue weighted by atomic mass is 9.98. The number of hydrogen-bond acceptors (Lipinski definition) is 6. The minimum Gasteiger partial charge on any atom is -0.465 e. The molecule has 12 nitrogen and oxygen atoms in total. The third-order valence-electron chi connectivity index (χ3n) is 10.2. The average molecular weight is 702 g/mol. The monoisotopic (exact) mass is 701 g/mol. The van der Waals surface area contributed by atoms with E-state index < -0.39 is 12.2 Å². The van der Waals surface area contributed by atoms with Crippen molar-refractivity contribution in [3.05, 3.63) is 96.4 Å². The first-order chi connectivity index (χ1) is 25.0. The summed E-state index contributed by atoms with van der Waals surface area (Å²) in [4.78, 5) is 55.8. The van der Waals surface area contributed by atoms with Crippen LogP contribution in [0.2, 0.25) is 0 Å². The van der Waals surface area contributed by atoms with Gasteiger partial charge in [0.2, 0.25) is 5.91 Å². The van der Waals surface area contributed by atoms with Crippen molar-refractivity contribution in [3.8, 4) is 33.6 Å². The Balaban J connectivity index is 1.04.